The Labute approximate surface area is 197 Å². The second kappa shape index (κ2) is 9.79. The van der Waals surface area contributed by atoms with Crippen LogP contribution in [0.15, 0.2) is 63.7 Å². The van der Waals surface area contributed by atoms with Gasteiger partial charge in [-0.15, -0.1) is 15.3 Å². The summed E-state index contributed by atoms with van der Waals surface area (Å²) in [7, 11) is -2.47. The summed E-state index contributed by atoms with van der Waals surface area (Å²) in [5, 5.41) is 32.4. The minimum atomic E-state index is -3.92. The number of methoxy groups -OCH3 is 1. The number of aromatic nitrogens is 2. The highest BCUT2D eigenvalue weighted by atomic mass is 32.2. The van der Waals surface area contributed by atoms with Crippen molar-refractivity contribution >= 4 is 27.2 Å². The van der Waals surface area contributed by atoms with Crippen LogP contribution in [-0.2, 0) is 10.0 Å². The van der Waals surface area contributed by atoms with E-state index in [1.807, 2.05) is 6.07 Å². The molecule has 4 N–H and O–H groups in total. The summed E-state index contributed by atoms with van der Waals surface area (Å²) in [5.41, 5.74) is 6.46. The van der Waals surface area contributed by atoms with Gasteiger partial charge in [0.25, 0.3) is 0 Å². The first kappa shape index (κ1) is 23.7. The van der Waals surface area contributed by atoms with Gasteiger partial charge in [-0.3, -0.25) is 0 Å². The van der Waals surface area contributed by atoms with Crippen LogP contribution >= 0.6 is 0 Å². The second-order valence-corrected chi connectivity index (χ2v) is 9.80. The molecule has 4 rings (SSSR count). The Morgan fingerprint density at radius 2 is 1.97 bits per heavy atom. The minimum absolute atomic E-state index is 0.0248. The van der Waals surface area contributed by atoms with E-state index in [4.69, 9.17) is 10.5 Å². The van der Waals surface area contributed by atoms with Gasteiger partial charge in [0, 0.05) is 25.8 Å². The van der Waals surface area contributed by atoms with E-state index in [1.54, 1.807) is 24.3 Å². The molecule has 34 heavy (non-hydrogen) atoms. The number of sulfonamides is 1. The van der Waals surface area contributed by atoms with Crippen molar-refractivity contribution in [2.75, 3.05) is 32.5 Å². The second-order valence-electron chi connectivity index (χ2n) is 7.89. The zero-order valence-corrected chi connectivity index (χ0v) is 19.4. The Morgan fingerprint density at radius 3 is 2.68 bits per heavy atom. The van der Waals surface area contributed by atoms with Gasteiger partial charge < -0.3 is 20.7 Å². The number of aliphatic hydroxyl groups excluding tert-OH is 1. The van der Waals surface area contributed by atoms with Crippen LogP contribution in [-0.4, -0.2) is 59.5 Å². The van der Waals surface area contributed by atoms with Gasteiger partial charge in [0.05, 0.1) is 12.8 Å². The molecule has 1 aliphatic rings. The fourth-order valence-electron chi connectivity index (χ4n) is 3.82. The number of piperidine rings is 1. The number of benzene rings is 2. The van der Waals surface area contributed by atoms with Crippen molar-refractivity contribution in [3.05, 3.63) is 48.5 Å². The first-order chi connectivity index (χ1) is 16.3. The highest BCUT2D eigenvalue weighted by Crippen LogP contribution is 2.38. The molecule has 0 unspecified atom stereocenters. The van der Waals surface area contributed by atoms with Crippen LogP contribution in [0.5, 0.6) is 11.6 Å². The summed E-state index contributed by atoms with van der Waals surface area (Å²) in [6.07, 6.45) is 1.42. The molecule has 1 fully saturated rings. The zero-order valence-electron chi connectivity index (χ0n) is 18.6. The number of aliphatic hydroxyl groups is 1. The van der Waals surface area contributed by atoms with Crippen LogP contribution in [0.2, 0.25) is 0 Å². The predicted octanol–water partition coefficient (Wildman–Crippen LogP) is 2.98. The first-order valence-corrected chi connectivity index (χ1v) is 12.1. The summed E-state index contributed by atoms with van der Waals surface area (Å²) < 4.78 is 34.6. The van der Waals surface area contributed by atoms with Crippen LogP contribution in [0.1, 0.15) is 12.8 Å². The van der Waals surface area contributed by atoms with Crippen molar-refractivity contribution in [1.82, 2.24) is 14.1 Å². The van der Waals surface area contributed by atoms with Crippen molar-refractivity contribution in [2.24, 2.45) is 16.1 Å². The molecule has 0 spiro atoms. The number of anilines is 1. The normalized spacial score (nSPS) is 17.3. The maximum absolute atomic E-state index is 13.4. The summed E-state index contributed by atoms with van der Waals surface area (Å²) in [5.74, 6) is -0.134. The zero-order chi connectivity index (χ0) is 24.3. The minimum Gasteiger partial charge on any atom is -0.497 e. The molecular weight excluding hydrogens is 460 g/mol. The number of aromatic hydroxyl groups is 1. The lowest BCUT2D eigenvalue weighted by Crippen LogP contribution is -2.40. The predicted molar refractivity (Wildman–Crippen MR) is 125 cm³/mol. The molecule has 2 heterocycles. The molecule has 0 amide bonds. The SMILES string of the molecule is COc1ccc(S(=O)(=O)N2CCC[C@@H](CO)C2)c(/N=N/c2c(N)nn(-c3ccccc3)c2O)c1. The third-order valence-corrected chi connectivity index (χ3v) is 7.56. The van der Waals surface area contributed by atoms with Crippen LogP contribution in [0.25, 0.3) is 5.69 Å². The molecule has 1 saturated heterocycles. The van der Waals surface area contributed by atoms with E-state index in [9.17, 15) is 18.6 Å². The summed E-state index contributed by atoms with van der Waals surface area (Å²) in [6.45, 7) is 0.489. The molecule has 11 nitrogen and oxygen atoms in total. The van der Waals surface area contributed by atoms with Crippen molar-refractivity contribution < 1.29 is 23.4 Å². The smallest absolute Gasteiger partial charge is 0.245 e. The third-order valence-electron chi connectivity index (χ3n) is 5.65. The fraction of sp³-hybridized carbons (Fsp3) is 0.318. The van der Waals surface area contributed by atoms with Crippen LogP contribution < -0.4 is 10.5 Å². The van der Waals surface area contributed by atoms with E-state index in [1.165, 1.54) is 34.3 Å². The van der Waals surface area contributed by atoms with Gasteiger partial charge in [0.2, 0.25) is 15.9 Å². The van der Waals surface area contributed by atoms with Gasteiger partial charge in [-0.1, -0.05) is 18.2 Å². The standard InChI is InChI=1S/C22H26N6O5S/c1-33-17-9-10-19(34(31,32)27-11-5-6-15(13-27)14-29)18(12-17)24-25-20-21(23)26-28(22(20)30)16-7-3-2-4-8-16/h2-4,7-10,12,15,29-30H,5-6,11,13-14H2,1H3,(H2,23,26)/b25-24+/t15-/m1/s1. The first-order valence-electron chi connectivity index (χ1n) is 10.7. The lowest BCUT2D eigenvalue weighted by molar-refractivity contribution is 0.165. The van der Waals surface area contributed by atoms with Gasteiger partial charge in [0.1, 0.15) is 16.3 Å². The number of hydrogen-bond acceptors (Lipinski definition) is 9. The summed E-state index contributed by atoms with van der Waals surface area (Å²) >= 11 is 0. The number of para-hydroxylation sites is 1. The van der Waals surface area contributed by atoms with E-state index in [0.717, 1.165) is 6.42 Å². The summed E-state index contributed by atoms with van der Waals surface area (Å²) in [4.78, 5) is -0.0656. The van der Waals surface area contributed by atoms with Crippen molar-refractivity contribution in [3.8, 4) is 17.3 Å². The van der Waals surface area contributed by atoms with Gasteiger partial charge >= 0.3 is 0 Å². The maximum atomic E-state index is 13.4. The Kier molecular flexibility index (Phi) is 6.82. The molecule has 1 aliphatic heterocycles. The average Bonchev–Trinajstić information content (AvgIpc) is 3.15. The number of nitrogens with two attached hydrogens (primary N) is 1. The number of nitrogen functional groups attached to an aromatic ring is 1. The number of azo groups is 1. The Hall–Kier alpha value is -3.48. The molecule has 1 atom stereocenters. The van der Waals surface area contributed by atoms with Crippen molar-refractivity contribution in [1.29, 1.82) is 0 Å². The topological polar surface area (TPSA) is 156 Å². The molecule has 180 valence electrons. The third kappa shape index (κ3) is 4.60. The van der Waals surface area contributed by atoms with E-state index in [-0.39, 0.29) is 47.0 Å². The molecule has 0 bridgehead atoms. The van der Waals surface area contributed by atoms with E-state index in [2.05, 4.69) is 15.3 Å². The lowest BCUT2D eigenvalue weighted by Gasteiger charge is -2.31. The largest absolute Gasteiger partial charge is 0.497 e. The molecule has 2 aromatic carbocycles. The number of hydrogen-bond donors (Lipinski definition) is 3. The van der Waals surface area contributed by atoms with Gasteiger partial charge in [-0.25, -0.2) is 8.42 Å². The summed E-state index contributed by atoms with van der Waals surface area (Å²) in [6, 6.07) is 13.2. The molecule has 0 aliphatic carbocycles. The van der Waals surface area contributed by atoms with E-state index >= 15 is 0 Å². The average molecular weight is 487 g/mol. The monoisotopic (exact) mass is 486 g/mol. The fourth-order valence-corrected chi connectivity index (χ4v) is 5.48. The van der Waals surface area contributed by atoms with Gasteiger partial charge in [-0.2, -0.15) is 8.99 Å². The molecule has 12 heteroatoms. The van der Waals surface area contributed by atoms with Crippen LogP contribution in [0.4, 0.5) is 17.2 Å². The molecule has 1 aromatic heterocycles. The molecular formula is C22H26N6O5S. The number of rotatable bonds is 7. The highest BCUT2D eigenvalue weighted by Gasteiger charge is 2.32. The highest BCUT2D eigenvalue weighted by molar-refractivity contribution is 7.89. The Bertz CT molecular complexity index is 1290. The van der Waals surface area contributed by atoms with Crippen molar-refractivity contribution in [3.63, 3.8) is 0 Å². The Balaban J connectivity index is 1.72. The van der Waals surface area contributed by atoms with E-state index < -0.39 is 10.0 Å². The van der Waals surface area contributed by atoms with Crippen molar-refractivity contribution in [2.45, 2.75) is 17.7 Å². The van der Waals surface area contributed by atoms with Crippen LogP contribution in [0, 0.1) is 5.92 Å². The van der Waals surface area contributed by atoms with Gasteiger partial charge in [0.15, 0.2) is 11.5 Å². The number of ether oxygens (including phenoxy) is 1. The molecule has 0 saturated carbocycles. The quantitative estimate of drug-likeness (QED) is 0.433. The Morgan fingerprint density at radius 1 is 1.21 bits per heavy atom. The van der Waals surface area contributed by atoms with E-state index in [0.29, 0.717) is 24.4 Å². The molecule has 3 aromatic rings. The number of nitrogens with zero attached hydrogens (tertiary/aromatic N) is 5. The van der Waals surface area contributed by atoms with Gasteiger partial charge in [-0.05, 0) is 43.0 Å². The van der Waals surface area contributed by atoms with Crippen LogP contribution in [0.3, 0.4) is 0 Å². The maximum Gasteiger partial charge on any atom is 0.245 e. The lowest BCUT2D eigenvalue weighted by atomic mass is 10.0. The molecule has 0 radical (unpaired) electrons.